The third-order valence-corrected chi connectivity index (χ3v) is 4.10. The predicted molar refractivity (Wildman–Crippen MR) is 97.8 cm³/mol. The van der Waals surface area contributed by atoms with E-state index in [1.807, 2.05) is 48.5 Å². The lowest BCUT2D eigenvalue weighted by Gasteiger charge is -2.16. The van der Waals surface area contributed by atoms with Gasteiger partial charge in [0.05, 0.1) is 6.54 Å². The van der Waals surface area contributed by atoms with Crippen LogP contribution in [0.2, 0.25) is 0 Å². The van der Waals surface area contributed by atoms with Gasteiger partial charge in [-0.1, -0.05) is 48.5 Å². The zero-order chi connectivity index (χ0) is 16.8. The van der Waals surface area contributed by atoms with Gasteiger partial charge < -0.3 is 10.3 Å². The van der Waals surface area contributed by atoms with Crippen LogP contribution in [-0.2, 0) is 17.8 Å². The highest BCUT2D eigenvalue weighted by Gasteiger charge is 2.08. The normalized spacial score (nSPS) is 11.1. The molecule has 0 spiro atoms. The number of aromatic amines is 1. The van der Waals surface area contributed by atoms with E-state index in [-0.39, 0.29) is 5.91 Å². The molecule has 1 heterocycles. The standard InChI is InChI=1S/C20H23N3O/c1-23(14-16-7-3-2-4-8-16)15-20(24)21-12-11-17-13-22-19-10-6-5-9-18(17)19/h2-10,13,22H,11-12,14-15H2,1H3,(H,21,24). The number of benzene rings is 2. The van der Waals surface area contributed by atoms with Gasteiger partial charge in [0.2, 0.25) is 5.91 Å². The van der Waals surface area contributed by atoms with Crippen molar-refractivity contribution in [2.24, 2.45) is 0 Å². The monoisotopic (exact) mass is 321 g/mol. The Balaban J connectivity index is 1.44. The molecule has 2 N–H and O–H groups in total. The van der Waals surface area contributed by atoms with Crippen LogP contribution < -0.4 is 5.32 Å². The summed E-state index contributed by atoms with van der Waals surface area (Å²) in [4.78, 5) is 17.4. The van der Waals surface area contributed by atoms with Gasteiger partial charge in [0, 0.05) is 30.2 Å². The molecule has 1 aromatic heterocycles. The summed E-state index contributed by atoms with van der Waals surface area (Å²) in [5, 5.41) is 4.24. The Bertz CT molecular complexity index is 795. The van der Waals surface area contributed by atoms with Crippen molar-refractivity contribution in [3.63, 3.8) is 0 Å². The van der Waals surface area contributed by atoms with Crippen LogP contribution >= 0.6 is 0 Å². The maximum absolute atomic E-state index is 12.1. The molecule has 0 aliphatic rings. The predicted octanol–water partition coefficient (Wildman–Crippen LogP) is 2.96. The van der Waals surface area contributed by atoms with Gasteiger partial charge >= 0.3 is 0 Å². The van der Waals surface area contributed by atoms with E-state index in [2.05, 4.69) is 34.6 Å². The number of amides is 1. The molecule has 24 heavy (non-hydrogen) atoms. The molecular formula is C20H23N3O. The molecule has 4 nitrogen and oxygen atoms in total. The number of para-hydroxylation sites is 1. The Labute approximate surface area is 142 Å². The fourth-order valence-corrected chi connectivity index (χ4v) is 2.93. The largest absolute Gasteiger partial charge is 0.361 e. The highest BCUT2D eigenvalue weighted by atomic mass is 16.2. The van der Waals surface area contributed by atoms with E-state index >= 15 is 0 Å². The molecule has 124 valence electrons. The van der Waals surface area contributed by atoms with Crippen molar-refractivity contribution in [1.29, 1.82) is 0 Å². The average molecular weight is 321 g/mol. The Morgan fingerprint density at radius 3 is 2.67 bits per heavy atom. The summed E-state index contributed by atoms with van der Waals surface area (Å²) < 4.78 is 0. The number of carbonyl (C=O) groups is 1. The van der Waals surface area contributed by atoms with Crippen molar-refractivity contribution in [2.45, 2.75) is 13.0 Å². The molecule has 0 radical (unpaired) electrons. The van der Waals surface area contributed by atoms with Crippen LogP contribution in [0.3, 0.4) is 0 Å². The number of nitrogens with zero attached hydrogens (tertiary/aromatic N) is 1. The quantitative estimate of drug-likeness (QED) is 0.703. The van der Waals surface area contributed by atoms with Gasteiger partial charge in [0.15, 0.2) is 0 Å². The van der Waals surface area contributed by atoms with Gasteiger partial charge in [-0.25, -0.2) is 0 Å². The van der Waals surface area contributed by atoms with Crippen LogP contribution in [0.25, 0.3) is 10.9 Å². The molecule has 0 fully saturated rings. The van der Waals surface area contributed by atoms with Crippen molar-refractivity contribution in [3.05, 3.63) is 71.9 Å². The van der Waals surface area contributed by atoms with E-state index in [9.17, 15) is 4.79 Å². The SMILES string of the molecule is CN(CC(=O)NCCc1c[nH]c2ccccc12)Cc1ccccc1. The number of carbonyl (C=O) groups excluding carboxylic acids is 1. The molecule has 1 amide bonds. The molecule has 3 rings (SSSR count). The van der Waals surface area contributed by atoms with E-state index in [1.54, 1.807) is 0 Å². The maximum atomic E-state index is 12.1. The van der Waals surface area contributed by atoms with Crippen molar-refractivity contribution in [3.8, 4) is 0 Å². The van der Waals surface area contributed by atoms with Crippen LogP contribution in [-0.4, -0.2) is 35.9 Å². The van der Waals surface area contributed by atoms with Crippen LogP contribution in [0.4, 0.5) is 0 Å². The number of likely N-dealkylation sites (N-methyl/N-ethyl adjacent to an activating group) is 1. The number of hydrogen-bond donors (Lipinski definition) is 2. The lowest BCUT2D eigenvalue weighted by Crippen LogP contribution is -2.35. The van der Waals surface area contributed by atoms with Gasteiger partial charge in [0.25, 0.3) is 0 Å². The zero-order valence-corrected chi connectivity index (χ0v) is 14.0. The lowest BCUT2D eigenvalue weighted by atomic mass is 10.1. The first kappa shape index (κ1) is 16.3. The molecule has 4 heteroatoms. The molecule has 0 saturated carbocycles. The summed E-state index contributed by atoms with van der Waals surface area (Å²) in [7, 11) is 1.96. The number of rotatable bonds is 7. The summed E-state index contributed by atoms with van der Waals surface area (Å²) in [5.41, 5.74) is 3.59. The summed E-state index contributed by atoms with van der Waals surface area (Å²) in [5.74, 6) is 0.0632. The number of H-pyrrole nitrogens is 1. The first-order valence-electron chi connectivity index (χ1n) is 8.26. The average Bonchev–Trinajstić information content (AvgIpc) is 2.99. The third-order valence-electron chi connectivity index (χ3n) is 4.10. The molecule has 0 saturated heterocycles. The van der Waals surface area contributed by atoms with Crippen LogP contribution in [0.1, 0.15) is 11.1 Å². The molecule has 0 atom stereocenters. The van der Waals surface area contributed by atoms with Gasteiger partial charge in [-0.2, -0.15) is 0 Å². The second-order valence-electron chi connectivity index (χ2n) is 6.12. The molecule has 0 aliphatic heterocycles. The molecule has 0 unspecified atom stereocenters. The van der Waals surface area contributed by atoms with E-state index in [0.717, 1.165) is 18.5 Å². The molecule has 2 aromatic carbocycles. The maximum Gasteiger partial charge on any atom is 0.234 e. The fraction of sp³-hybridized carbons (Fsp3) is 0.250. The van der Waals surface area contributed by atoms with E-state index in [4.69, 9.17) is 0 Å². The van der Waals surface area contributed by atoms with Gasteiger partial charge in [-0.3, -0.25) is 9.69 Å². The topological polar surface area (TPSA) is 48.1 Å². The smallest absolute Gasteiger partial charge is 0.234 e. The highest BCUT2D eigenvalue weighted by Crippen LogP contribution is 2.17. The second-order valence-corrected chi connectivity index (χ2v) is 6.12. The van der Waals surface area contributed by atoms with E-state index < -0.39 is 0 Å². The van der Waals surface area contributed by atoms with Gasteiger partial charge in [-0.05, 0) is 30.7 Å². The molecule has 3 aromatic rings. The Hall–Kier alpha value is -2.59. The van der Waals surface area contributed by atoms with Crippen molar-refractivity contribution in [1.82, 2.24) is 15.2 Å². The second kappa shape index (κ2) is 7.79. The first-order valence-corrected chi connectivity index (χ1v) is 8.26. The summed E-state index contributed by atoms with van der Waals surface area (Å²) in [6.45, 7) is 1.83. The Morgan fingerprint density at radius 2 is 1.83 bits per heavy atom. The number of nitrogens with one attached hydrogen (secondary N) is 2. The minimum absolute atomic E-state index is 0.0632. The zero-order valence-electron chi connectivity index (χ0n) is 14.0. The fourth-order valence-electron chi connectivity index (χ4n) is 2.93. The first-order chi connectivity index (χ1) is 11.7. The summed E-state index contributed by atoms with van der Waals surface area (Å²) >= 11 is 0. The van der Waals surface area contributed by atoms with Crippen molar-refractivity contribution >= 4 is 16.8 Å². The minimum atomic E-state index is 0.0632. The van der Waals surface area contributed by atoms with Crippen LogP contribution in [0.5, 0.6) is 0 Å². The highest BCUT2D eigenvalue weighted by molar-refractivity contribution is 5.83. The Morgan fingerprint density at radius 1 is 1.08 bits per heavy atom. The van der Waals surface area contributed by atoms with Gasteiger partial charge in [-0.15, -0.1) is 0 Å². The molecular weight excluding hydrogens is 298 g/mol. The van der Waals surface area contributed by atoms with Gasteiger partial charge in [0.1, 0.15) is 0 Å². The minimum Gasteiger partial charge on any atom is -0.361 e. The molecule has 0 aliphatic carbocycles. The third kappa shape index (κ3) is 4.24. The number of fused-ring (bicyclic) bond motifs is 1. The summed E-state index contributed by atoms with van der Waals surface area (Å²) in [6.07, 6.45) is 2.86. The van der Waals surface area contributed by atoms with Crippen molar-refractivity contribution < 1.29 is 4.79 Å². The van der Waals surface area contributed by atoms with Crippen LogP contribution in [0, 0.1) is 0 Å². The lowest BCUT2D eigenvalue weighted by molar-refractivity contribution is -0.122. The van der Waals surface area contributed by atoms with E-state index in [0.29, 0.717) is 13.1 Å². The summed E-state index contributed by atoms with van der Waals surface area (Å²) in [6, 6.07) is 18.4. The molecule has 0 bridgehead atoms. The number of aromatic nitrogens is 1. The number of hydrogen-bond acceptors (Lipinski definition) is 2. The Kier molecular flexibility index (Phi) is 5.29. The van der Waals surface area contributed by atoms with Crippen molar-refractivity contribution in [2.75, 3.05) is 20.1 Å². The van der Waals surface area contributed by atoms with Crippen LogP contribution in [0.15, 0.2) is 60.8 Å². The van der Waals surface area contributed by atoms with E-state index in [1.165, 1.54) is 16.5 Å².